The number of hydrogen-bond acceptors (Lipinski definition) is 2. The van der Waals surface area contributed by atoms with Crippen molar-refractivity contribution in [1.29, 1.82) is 0 Å². The number of fused-ring (bicyclic) bond motifs is 3. The standard InChI is InChI=1S/C19H17NOSi/c21-15-6-5-12-9-14-10-13-3-1-7-20-8-2-4-16(18(13)20)19(14)22-17(12)11-15/h2,5-6,8-11H,1,3-4,7,22H2. The Bertz CT molecular complexity index is 841. The second kappa shape index (κ2) is 4.43. The zero-order chi connectivity index (χ0) is 14.7. The largest absolute Gasteiger partial charge is 0.348 e. The van der Waals surface area contributed by atoms with Crippen LogP contribution in [-0.2, 0) is 17.6 Å². The molecule has 2 nitrogen and oxygen atoms in total. The van der Waals surface area contributed by atoms with Crippen LogP contribution >= 0.6 is 0 Å². The third-order valence-electron chi connectivity index (χ3n) is 5.16. The van der Waals surface area contributed by atoms with E-state index in [4.69, 9.17) is 0 Å². The molecule has 22 heavy (non-hydrogen) atoms. The van der Waals surface area contributed by atoms with Crippen molar-refractivity contribution in [2.24, 2.45) is 0 Å². The lowest BCUT2D eigenvalue weighted by atomic mass is 9.90. The van der Waals surface area contributed by atoms with E-state index in [1.807, 2.05) is 12.2 Å². The Morgan fingerprint density at radius 2 is 2.14 bits per heavy atom. The Labute approximate surface area is 132 Å². The number of allylic oxidation sites excluding steroid dienone is 6. The Hall–Kier alpha value is -2.13. The number of rotatable bonds is 0. The first-order valence-corrected chi connectivity index (χ1v) is 9.46. The summed E-state index contributed by atoms with van der Waals surface area (Å²) in [6, 6.07) is 2.42. The third-order valence-corrected chi connectivity index (χ3v) is 7.35. The first kappa shape index (κ1) is 12.4. The Kier molecular flexibility index (Phi) is 2.50. The number of benzene rings is 1. The van der Waals surface area contributed by atoms with Crippen molar-refractivity contribution >= 4 is 32.3 Å². The second-order valence-electron chi connectivity index (χ2n) is 6.50. The highest BCUT2D eigenvalue weighted by Crippen LogP contribution is 2.36. The number of carbonyl (C=O) groups excluding carboxylic acids is 1. The van der Waals surface area contributed by atoms with E-state index in [-0.39, 0.29) is 5.78 Å². The molecule has 1 aromatic rings. The fourth-order valence-corrected chi connectivity index (χ4v) is 6.23. The van der Waals surface area contributed by atoms with Crippen molar-refractivity contribution < 1.29 is 4.79 Å². The van der Waals surface area contributed by atoms with Crippen LogP contribution in [0.4, 0.5) is 5.69 Å². The summed E-state index contributed by atoms with van der Waals surface area (Å²) in [5, 5.41) is 2.88. The quantitative estimate of drug-likeness (QED) is 0.680. The lowest BCUT2D eigenvalue weighted by Gasteiger charge is -2.36. The van der Waals surface area contributed by atoms with Gasteiger partial charge in [-0.25, -0.2) is 0 Å². The number of hydrogen-bond donors (Lipinski definition) is 0. The van der Waals surface area contributed by atoms with E-state index in [1.165, 1.54) is 40.4 Å². The lowest BCUT2D eigenvalue weighted by Crippen LogP contribution is -2.36. The molecular weight excluding hydrogens is 286 g/mol. The van der Waals surface area contributed by atoms with Crippen LogP contribution in [0.15, 0.2) is 47.3 Å². The van der Waals surface area contributed by atoms with E-state index in [0.29, 0.717) is 0 Å². The molecule has 5 rings (SSSR count). The molecule has 3 heterocycles. The van der Waals surface area contributed by atoms with Gasteiger partial charge < -0.3 is 4.90 Å². The molecule has 0 unspecified atom stereocenters. The first-order chi connectivity index (χ1) is 10.8. The molecule has 0 saturated heterocycles. The van der Waals surface area contributed by atoms with E-state index < -0.39 is 9.52 Å². The van der Waals surface area contributed by atoms with Crippen LogP contribution in [-0.4, -0.2) is 21.8 Å². The molecule has 0 saturated carbocycles. The van der Waals surface area contributed by atoms with Crippen molar-refractivity contribution in [3.8, 4) is 0 Å². The Morgan fingerprint density at radius 3 is 3.09 bits per heavy atom. The van der Waals surface area contributed by atoms with Gasteiger partial charge in [-0.05, 0) is 71.0 Å². The van der Waals surface area contributed by atoms with Gasteiger partial charge >= 0.3 is 0 Å². The molecule has 4 aliphatic rings. The highest BCUT2D eigenvalue weighted by molar-refractivity contribution is 6.65. The van der Waals surface area contributed by atoms with Gasteiger partial charge in [-0.15, -0.1) is 0 Å². The Morgan fingerprint density at radius 1 is 1.18 bits per heavy atom. The molecule has 0 bridgehead atoms. The Balaban J connectivity index is 1.75. The summed E-state index contributed by atoms with van der Waals surface area (Å²) in [5.41, 5.74) is 7.22. The minimum absolute atomic E-state index is 0.149. The number of ketones is 1. The fourth-order valence-electron chi connectivity index (χ4n) is 4.19. The molecule has 1 aromatic carbocycles. The molecule has 0 fully saturated rings. The van der Waals surface area contributed by atoms with E-state index in [2.05, 4.69) is 29.3 Å². The molecule has 1 aliphatic carbocycles. The normalized spacial score (nSPS) is 22.0. The van der Waals surface area contributed by atoms with Crippen LogP contribution in [0, 0.1) is 0 Å². The van der Waals surface area contributed by atoms with Crippen LogP contribution in [0.2, 0.25) is 0 Å². The average Bonchev–Trinajstić information content (AvgIpc) is 2.54. The fraction of sp³-hybridized carbons (Fsp3) is 0.211. The maximum Gasteiger partial charge on any atom is 0.178 e. The van der Waals surface area contributed by atoms with Gasteiger partial charge in [-0.2, -0.15) is 0 Å². The molecule has 3 heteroatoms. The summed E-state index contributed by atoms with van der Waals surface area (Å²) >= 11 is 0. The van der Waals surface area contributed by atoms with Crippen LogP contribution < -0.4 is 10.1 Å². The van der Waals surface area contributed by atoms with Gasteiger partial charge in [0.2, 0.25) is 0 Å². The van der Waals surface area contributed by atoms with Crippen molar-refractivity contribution in [3.05, 3.63) is 64.0 Å². The van der Waals surface area contributed by atoms with Gasteiger partial charge in [0.15, 0.2) is 5.78 Å². The van der Waals surface area contributed by atoms with E-state index in [0.717, 1.165) is 13.0 Å². The maximum atomic E-state index is 11.7. The molecule has 0 spiro atoms. The van der Waals surface area contributed by atoms with Crippen LogP contribution in [0.1, 0.15) is 23.1 Å². The lowest BCUT2D eigenvalue weighted by molar-refractivity contribution is -0.110. The van der Waals surface area contributed by atoms with Crippen molar-refractivity contribution in [1.82, 2.24) is 0 Å². The number of aryl methyl sites for hydroxylation is 1. The molecule has 0 amide bonds. The van der Waals surface area contributed by atoms with Gasteiger partial charge in [-0.1, -0.05) is 17.3 Å². The van der Waals surface area contributed by atoms with E-state index in [9.17, 15) is 4.79 Å². The smallest absolute Gasteiger partial charge is 0.178 e. The summed E-state index contributed by atoms with van der Waals surface area (Å²) < 4.78 is 0. The van der Waals surface area contributed by atoms with Crippen LogP contribution in [0.25, 0.3) is 6.08 Å². The van der Waals surface area contributed by atoms with E-state index in [1.54, 1.807) is 16.8 Å². The zero-order valence-corrected chi connectivity index (χ0v) is 13.8. The van der Waals surface area contributed by atoms with E-state index >= 15 is 0 Å². The molecular formula is C19H17NOSi. The van der Waals surface area contributed by atoms with Crippen LogP contribution in [0.5, 0.6) is 0 Å². The molecule has 3 aliphatic heterocycles. The zero-order valence-electron chi connectivity index (χ0n) is 12.4. The van der Waals surface area contributed by atoms with Gasteiger partial charge in [0.25, 0.3) is 0 Å². The highest BCUT2D eigenvalue weighted by Gasteiger charge is 2.28. The average molecular weight is 303 g/mol. The van der Waals surface area contributed by atoms with Gasteiger partial charge in [0.1, 0.15) is 0 Å². The van der Waals surface area contributed by atoms with Crippen molar-refractivity contribution in [2.75, 3.05) is 11.4 Å². The second-order valence-corrected chi connectivity index (χ2v) is 8.32. The number of anilines is 1. The number of carbonyl (C=O) groups is 1. The predicted molar refractivity (Wildman–Crippen MR) is 93.3 cm³/mol. The summed E-state index contributed by atoms with van der Waals surface area (Å²) in [4.78, 5) is 14.1. The summed E-state index contributed by atoms with van der Waals surface area (Å²) in [6.45, 7) is 1.14. The monoisotopic (exact) mass is 303 g/mol. The summed E-state index contributed by atoms with van der Waals surface area (Å²) in [6.07, 6.45) is 15.9. The molecule has 0 radical (unpaired) electrons. The van der Waals surface area contributed by atoms with Crippen molar-refractivity contribution in [3.63, 3.8) is 0 Å². The topological polar surface area (TPSA) is 20.3 Å². The minimum Gasteiger partial charge on any atom is -0.348 e. The molecule has 0 aromatic heterocycles. The predicted octanol–water partition coefficient (Wildman–Crippen LogP) is 1.72. The molecule has 108 valence electrons. The maximum absolute atomic E-state index is 11.7. The summed E-state index contributed by atoms with van der Waals surface area (Å²) in [7, 11) is -0.567. The molecule has 0 N–H and O–H groups in total. The third kappa shape index (κ3) is 1.69. The number of nitrogens with zero attached hydrogens (tertiary/aromatic N) is 1. The van der Waals surface area contributed by atoms with Gasteiger partial charge in [0, 0.05) is 18.4 Å². The van der Waals surface area contributed by atoms with Gasteiger partial charge in [-0.3, -0.25) is 4.79 Å². The molecule has 0 atom stereocenters. The first-order valence-electron chi connectivity index (χ1n) is 8.05. The summed E-state index contributed by atoms with van der Waals surface area (Å²) in [5.74, 6) is 0.149. The van der Waals surface area contributed by atoms with Gasteiger partial charge in [0.05, 0.1) is 9.52 Å². The minimum atomic E-state index is -0.567. The van der Waals surface area contributed by atoms with Crippen molar-refractivity contribution in [2.45, 2.75) is 19.3 Å². The highest BCUT2D eigenvalue weighted by atomic mass is 28.2. The SMILES string of the molecule is O=C1C=CC2=Cc3cc4c5c(c3[SiH2]C2=C1)CC=CN5CCC4. The van der Waals surface area contributed by atoms with Crippen LogP contribution in [0.3, 0.4) is 0 Å².